The number of carbonyl (C=O) groups excluding carboxylic acids is 2. The summed E-state index contributed by atoms with van der Waals surface area (Å²) < 4.78 is 11.7. The first-order valence-electron chi connectivity index (χ1n) is 7.81. The highest BCUT2D eigenvalue weighted by molar-refractivity contribution is 9.10. The Morgan fingerprint density at radius 3 is 2.50 bits per heavy atom. The second kappa shape index (κ2) is 9.62. The Labute approximate surface area is 160 Å². The van der Waals surface area contributed by atoms with Crippen molar-refractivity contribution in [3.63, 3.8) is 0 Å². The average molecular weight is 419 g/mol. The number of rotatable bonds is 7. The summed E-state index contributed by atoms with van der Waals surface area (Å²) in [5, 5.41) is 0. The first-order valence-corrected chi connectivity index (χ1v) is 8.61. The number of hydrogen-bond donors (Lipinski definition) is 2. The number of carbonyl (C=O) groups is 2. The van der Waals surface area contributed by atoms with Crippen molar-refractivity contribution in [1.29, 1.82) is 0 Å². The molecule has 2 N–H and O–H groups in total. The molecule has 2 aromatic rings. The number of hydrogen-bond acceptors (Lipinski definition) is 4. The molecule has 0 bridgehead atoms. The molecule has 0 unspecified atom stereocenters. The Morgan fingerprint density at radius 1 is 1.12 bits per heavy atom. The van der Waals surface area contributed by atoms with Crippen molar-refractivity contribution in [2.75, 3.05) is 13.2 Å². The summed E-state index contributed by atoms with van der Waals surface area (Å²) in [6, 6.07) is 12.0. The summed E-state index contributed by atoms with van der Waals surface area (Å²) in [5.41, 5.74) is 5.94. The molecular weight excluding hydrogens is 400 g/mol. The predicted octanol–water partition coefficient (Wildman–Crippen LogP) is 3.16. The highest BCUT2D eigenvalue weighted by Crippen LogP contribution is 2.21. The number of halogens is 1. The van der Waals surface area contributed by atoms with Crippen molar-refractivity contribution in [2.24, 2.45) is 0 Å². The van der Waals surface area contributed by atoms with E-state index in [9.17, 15) is 9.59 Å². The van der Waals surface area contributed by atoms with E-state index in [0.29, 0.717) is 23.7 Å². The van der Waals surface area contributed by atoms with Gasteiger partial charge in [0.2, 0.25) is 0 Å². The van der Waals surface area contributed by atoms with Gasteiger partial charge in [0.15, 0.2) is 6.61 Å². The van der Waals surface area contributed by atoms with E-state index in [-0.39, 0.29) is 6.61 Å². The third-order valence-electron chi connectivity index (χ3n) is 3.30. The molecule has 0 aromatic heterocycles. The standard InChI is InChI=1S/C19H19BrN2O4/c1-3-10-25-16-7-4-14(5-8-16)19(24)22-21-18(23)12-26-17-9-6-15(20)11-13(17)2/h3-9,11H,1,10,12H2,2H3,(H,21,23)(H,22,24). The first-order chi connectivity index (χ1) is 12.5. The third-order valence-corrected chi connectivity index (χ3v) is 3.79. The zero-order valence-electron chi connectivity index (χ0n) is 14.3. The topological polar surface area (TPSA) is 76.7 Å². The molecule has 0 saturated heterocycles. The summed E-state index contributed by atoms with van der Waals surface area (Å²) in [7, 11) is 0. The minimum absolute atomic E-state index is 0.211. The van der Waals surface area contributed by atoms with Gasteiger partial charge in [-0.1, -0.05) is 28.6 Å². The minimum atomic E-state index is -0.466. The van der Waals surface area contributed by atoms with Crippen molar-refractivity contribution in [3.8, 4) is 11.5 Å². The maximum absolute atomic E-state index is 12.0. The highest BCUT2D eigenvalue weighted by atomic mass is 79.9. The lowest BCUT2D eigenvalue weighted by Crippen LogP contribution is -2.43. The van der Waals surface area contributed by atoms with Crippen molar-refractivity contribution in [3.05, 3.63) is 70.7 Å². The van der Waals surface area contributed by atoms with Gasteiger partial charge in [0.25, 0.3) is 11.8 Å². The van der Waals surface area contributed by atoms with E-state index in [1.54, 1.807) is 36.4 Å². The molecule has 26 heavy (non-hydrogen) atoms. The van der Waals surface area contributed by atoms with Crippen molar-refractivity contribution in [1.82, 2.24) is 10.9 Å². The van der Waals surface area contributed by atoms with Crippen LogP contribution in [0, 0.1) is 6.92 Å². The van der Waals surface area contributed by atoms with Gasteiger partial charge < -0.3 is 9.47 Å². The van der Waals surface area contributed by atoms with Crippen LogP contribution in [0.25, 0.3) is 0 Å². The van der Waals surface area contributed by atoms with Gasteiger partial charge in [-0.2, -0.15) is 0 Å². The zero-order chi connectivity index (χ0) is 18.9. The van der Waals surface area contributed by atoms with E-state index in [2.05, 4.69) is 33.4 Å². The Balaban J connectivity index is 1.79. The fourth-order valence-corrected chi connectivity index (χ4v) is 2.49. The van der Waals surface area contributed by atoms with E-state index in [0.717, 1.165) is 10.0 Å². The monoisotopic (exact) mass is 418 g/mol. The van der Waals surface area contributed by atoms with Crippen LogP contribution in [-0.4, -0.2) is 25.0 Å². The fourth-order valence-electron chi connectivity index (χ4n) is 2.01. The van der Waals surface area contributed by atoms with E-state index < -0.39 is 11.8 Å². The molecular formula is C19H19BrN2O4. The summed E-state index contributed by atoms with van der Waals surface area (Å²) in [6.45, 7) is 5.62. The van der Waals surface area contributed by atoms with Crippen molar-refractivity contribution < 1.29 is 19.1 Å². The Hall–Kier alpha value is -2.80. The molecule has 2 rings (SSSR count). The summed E-state index contributed by atoms with van der Waals surface area (Å²) >= 11 is 3.36. The summed E-state index contributed by atoms with van der Waals surface area (Å²) in [5.74, 6) is 0.327. The lowest BCUT2D eigenvalue weighted by molar-refractivity contribution is -0.123. The third kappa shape index (κ3) is 5.93. The van der Waals surface area contributed by atoms with Crippen molar-refractivity contribution >= 4 is 27.7 Å². The van der Waals surface area contributed by atoms with Crippen molar-refractivity contribution in [2.45, 2.75) is 6.92 Å². The van der Waals surface area contributed by atoms with Gasteiger partial charge in [-0.3, -0.25) is 20.4 Å². The van der Waals surface area contributed by atoms with E-state index >= 15 is 0 Å². The Bertz CT molecular complexity index is 791. The zero-order valence-corrected chi connectivity index (χ0v) is 15.8. The molecule has 7 heteroatoms. The summed E-state index contributed by atoms with van der Waals surface area (Å²) in [6.07, 6.45) is 1.63. The van der Waals surface area contributed by atoms with Crippen LogP contribution in [0.15, 0.2) is 59.6 Å². The molecule has 0 aliphatic carbocycles. The Kier molecular flexibility index (Phi) is 7.23. The second-order valence-electron chi connectivity index (χ2n) is 5.32. The van der Waals surface area contributed by atoms with E-state index in [4.69, 9.17) is 9.47 Å². The number of nitrogens with one attached hydrogen (secondary N) is 2. The molecule has 0 heterocycles. The average Bonchev–Trinajstić information content (AvgIpc) is 2.64. The number of aryl methyl sites for hydroxylation is 1. The quantitative estimate of drug-likeness (QED) is 0.534. The number of benzene rings is 2. The number of amides is 2. The van der Waals surface area contributed by atoms with E-state index in [1.165, 1.54) is 0 Å². The lowest BCUT2D eigenvalue weighted by atomic mass is 10.2. The molecule has 2 amide bonds. The van der Waals surface area contributed by atoms with Gasteiger partial charge in [0.1, 0.15) is 18.1 Å². The number of ether oxygens (including phenoxy) is 2. The normalized spacial score (nSPS) is 9.92. The highest BCUT2D eigenvalue weighted by Gasteiger charge is 2.09. The molecule has 0 saturated carbocycles. The fraction of sp³-hybridized carbons (Fsp3) is 0.158. The van der Waals surface area contributed by atoms with Gasteiger partial charge in [0.05, 0.1) is 0 Å². The molecule has 0 atom stereocenters. The van der Waals surface area contributed by atoms with Gasteiger partial charge in [-0.05, 0) is 55.0 Å². The minimum Gasteiger partial charge on any atom is -0.490 e. The smallest absolute Gasteiger partial charge is 0.276 e. The molecule has 136 valence electrons. The maximum Gasteiger partial charge on any atom is 0.276 e. The molecule has 0 radical (unpaired) electrons. The lowest BCUT2D eigenvalue weighted by Gasteiger charge is -2.11. The van der Waals surface area contributed by atoms with E-state index in [1.807, 2.05) is 19.1 Å². The molecule has 6 nitrogen and oxygen atoms in total. The van der Waals surface area contributed by atoms with Crippen LogP contribution >= 0.6 is 15.9 Å². The SMILES string of the molecule is C=CCOc1ccc(C(=O)NNC(=O)COc2ccc(Br)cc2C)cc1. The number of hydrazine groups is 1. The van der Waals surface area contributed by atoms with Crippen LogP contribution in [0.2, 0.25) is 0 Å². The van der Waals surface area contributed by atoms with Gasteiger partial charge in [-0.15, -0.1) is 0 Å². The van der Waals surface area contributed by atoms with Gasteiger partial charge in [0, 0.05) is 10.0 Å². The summed E-state index contributed by atoms with van der Waals surface area (Å²) in [4.78, 5) is 23.8. The van der Waals surface area contributed by atoms with Crippen LogP contribution < -0.4 is 20.3 Å². The van der Waals surface area contributed by atoms with Crippen LogP contribution in [0.1, 0.15) is 15.9 Å². The van der Waals surface area contributed by atoms with Crippen LogP contribution in [0.5, 0.6) is 11.5 Å². The molecule has 0 spiro atoms. The van der Waals surface area contributed by atoms with Crippen LogP contribution in [0.4, 0.5) is 0 Å². The molecule has 0 fully saturated rings. The predicted molar refractivity (Wildman–Crippen MR) is 102 cm³/mol. The largest absolute Gasteiger partial charge is 0.490 e. The van der Waals surface area contributed by atoms with Crippen LogP contribution in [-0.2, 0) is 4.79 Å². The molecule has 0 aliphatic rings. The molecule has 2 aromatic carbocycles. The maximum atomic E-state index is 12.0. The van der Waals surface area contributed by atoms with Gasteiger partial charge in [-0.25, -0.2) is 0 Å². The first kappa shape index (κ1) is 19.5. The molecule has 0 aliphatic heterocycles. The Morgan fingerprint density at radius 2 is 1.85 bits per heavy atom. The van der Waals surface area contributed by atoms with Gasteiger partial charge >= 0.3 is 0 Å². The van der Waals surface area contributed by atoms with Crippen LogP contribution in [0.3, 0.4) is 0 Å². The second-order valence-corrected chi connectivity index (χ2v) is 6.24.